The van der Waals surface area contributed by atoms with Crippen molar-refractivity contribution in [3.05, 3.63) is 47.3 Å². The standard InChI is InChI=1S/C23H28N4OS2/c1-4-27-20(19-8-7-15-29-19)25-26-22(27)30-23(13-5-6-14-23)21(28)24-18-11-9-17(10-12-18)16(2)3/h7-12,15-16H,4-6,13-14H2,1-3H3,(H,24,28). The minimum atomic E-state index is -0.497. The first kappa shape index (κ1) is 21.1. The third-order valence-corrected chi connectivity index (χ3v) is 8.06. The van der Waals surface area contributed by atoms with E-state index in [1.807, 2.05) is 23.6 Å². The summed E-state index contributed by atoms with van der Waals surface area (Å²) in [4.78, 5) is 14.5. The third-order valence-electron chi connectivity index (χ3n) is 5.72. The van der Waals surface area contributed by atoms with Gasteiger partial charge in [0.25, 0.3) is 0 Å². The minimum absolute atomic E-state index is 0.0747. The summed E-state index contributed by atoms with van der Waals surface area (Å²) in [5.41, 5.74) is 2.13. The van der Waals surface area contributed by atoms with Gasteiger partial charge >= 0.3 is 0 Å². The molecule has 1 aliphatic carbocycles. The average molecular weight is 441 g/mol. The fourth-order valence-corrected chi connectivity index (χ4v) is 6.04. The smallest absolute Gasteiger partial charge is 0.241 e. The maximum atomic E-state index is 13.4. The zero-order valence-corrected chi connectivity index (χ0v) is 19.4. The summed E-state index contributed by atoms with van der Waals surface area (Å²) in [6, 6.07) is 12.3. The number of carbonyl (C=O) groups is 1. The van der Waals surface area contributed by atoms with Crippen molar-refractivity contribution in [2.24, 2.45) is 0 Å². The SMILES string of the molecule is CCn1c(SC2(C(=O)Nc3ccc(C(C)C)cc3)CCCC2)nnc1-c1cccs1. The van der Waals surface area contributed by atoms with E-state index in [1.165, 1.54) is 5.56 Å². The quantitative estimate of drug-likeness (QED) is 0.476. The van der Waals surface area contributed by atoms with Crippen LogP contribution in [0.4, 0.5) is 5.69 Å². The Morgan fingerprint density at radius 2 is 1.93 bits per heavy atom. The summed E-state index contributed by atoms with van der Waals surface area (Å²) in [5, 5.41) is 15.0. The van der Waals surface area contributed by atoms with Crippen LogP contribution in [0.3, 0.4) is 0 Å². The molecule has 1 saturated carbocycles. The predicted molar refractivity (Wildman–Crippen MR) is 125 cm³/mol. The number of carbonyl (C=O) groups excluding carboxylic acids is 1. The Labute approximate surface area is 186 Å². The fourth-order valence-electron chi connectivity index (χ4n) is 3.93. The van der Waals surface area contributed by atoms with Crippen molar-refractivity contribution in [2.45, 2.75) is 68.8 Å². The molecule has 30 heavy (non-hydrogen) atoms. The number of thioether (sulfide) groups is 1. The van der Waals surface area contributed by atoms with E-state index in [0.717, 1.165) is 53.8 Å². The number of rotatable bonds is 7. The van der Waals surface area contributed by atoms with Crippen molar-refractivity contribution < 1.29 is 4.79 Å². The van der Waals surface area contributed by atoms with E-state index in [0.29, 0.717) is 5.92 Å². The monoisotopic (exact) mass is 440 g/mol. The van der Waals surface area contributed by atoms with E-state index in [9.17, 15) is 4.79 Å². The van der Waals surface area contributed by atoms with Gasteiger partial charge in [0.05, 0.1) is 4.88 Å². The van der Waals surface area contributed by atoms with E-state index in [4.69, 9.17) is 0 Å². The number of nitrogens with zero attached hydrogens (tertiary/aromatic N) is 3. The van der Waals surface area contributed by atoms with E-state index < -0.39 is 4.75 Å². The molecule has 4 rings (SSSR count). The lowest BCUT2D eigenvalue weighted by molar-refractivity contribution is -0.118. The highest BCUT2D eigenvalue weighted by Gasteiger charge is 2.43. The molecule has 1 fully saturated rings. The number of nitrogens with one attached hydrogen (secondary N) is 1. The first-order chi connectivity index (χ1) is 14.5. The lowest BCUT2D eigenvalue weighted by Crippen LogP contribution is -2.37. The molecule has 0 unspecified atom stereocenters. The molecule has 0 radical (unpaired) electrons. The largest absolute Gasteiger partial charge is 0.325 e. The van der Waals surface area contributed by atoms with E-state index >= 15 is 0 Å². The molecule has 0 aliphatic heterocycles. The van der Waals surface area contributed by atoms with Crippen LogP contribution in [0.5, 0.6) is 0 Å². The Kier molecular flexibility index (Phi) is 6.29. The zero-order chi connectivity index (χ0) is 21.1. The highest BCUT2D eigenvalue weighted by atomic mass is 32.2. The Hall–Kier alpha value is -2.12. The van der Waals surface area contributed by atoms with Crippen LogP contribution in [0.15, 0.2) is 46.9 Å². The Morgan fingerprint density at radius 1 is 1.20 bits per heavy atom. The molecule has 7 heteroatoms. The van der Waals surface area contributed by atoms with E-state index in [2.05, 4.69) is 59.1 Å². The molecule has 2 heterocycles. The number of benzene rings is 1. The Balaban J connectivity index is 1.57. The third kappa shape index (κ3) is 4.18. The second-order valence-electron chi connectivity index (χ2n) is 8.06. The molecular formula is C23H28N4OS2. The van der Waals surface area contributed by atoms with Gasteiger partial charge in [0.2, 0.25) is 5.91 Å². The van der Waals surface area contributed by atoms with Crippen molar-refractivity contribution in [1.29, 1.82) is 0 Å². The lowest BCUT2D eigenvalue weighted by Gasteiger charge is -2.26. The van der Waals surface area contributed by atoms with Gasteiger partial charge in [-0.15, -0.1) is 21.5 Å². The topological polar surface area (TPSA) is 59.8 Å². The van der Waals surface area contributed by atoms with Crippen LogP contribution < -0.4 is 5.32 Å². The van der Waals surface area contributed by atoms with Gasteiger partial charge in [-0.05, 0) is 54.8 Å². The Morgan fingerprint density at radius 3 is 2.53 bits per heavy atom. The number of aromatic nitrogens is 3. The number of anilines is 1. The lowest BCUT2D eigenvalue weighted by atomic mass is 10.0. The number of thiophene rings is 1. The Bertz CT molecular complexity index is 987. The van der Waals surface area contributed by atoms with Crippen molar-refractivity contribution in [3.63, 3.8) is 0 Å². The van der Waals surface area contributed by atoms with Crippen molar-refractivity contribution >= 4 is 34.7 Å². The van der Waals surface area contributed by atoms with Crippen LogP contribution in [0.2, 0.25) is 0 Å². The maximum absolute atomic E-state index is 13.4. The molecule has 1 N–H and O–H groups in total. The molecule has 3 aromatic rings. The highest BCUT2D eigenvalue weighted by molar-refractivity contribution is 8.01. The van der Waals surface area contributed by atoms with Gasteiger partial charge in [0.15, 0.2) is 11.0 Å². The molecule has 1 amide bonds. The summed E-state index contributed by atoms with van der Waals surface area (Å²) in [5.74, 6) is 1.43. The van der Waals surface area contributed by atoms with E-state index in [-0.39, 0.29) is 5.91 Å². The number of hydrogen-bond acceptors (Lipinski definition) is 5. The van der Waals surface area contributed by atoms with Gasteiger partial charge in [-0.1, -0.05) is 56.7 Å². The minimum Gasteiger partial charge on any atom is -0.325 e. The van der Waals surface area contributed by atoms with Gasteiger partial charge in [0, 0.05) is 12.2 Å². The molecular weight excluding hydrogens is 412 g/mol. The van der Waals surface area contributed by atoms with Gasteiger partial charge in [0.1, 0.15) is 4.75 Å². The summed E-state index contributed by atoms with van der Waals surface area (Å²) < 4.78 is 1.63. The highest BCUT2D eigenvalue weighted by Crippen LogP contribution is 2.46. The van der Waals surface area contributed by atoms with Crippen LogP contribution in [0, 0.1) is 0 Å². The van der Waals surface area contributed by atoms with Gasteiger partial charge in [-0.25, -0.2) is 0 Å². The van der Waals surface area contributed by atoms with Crippen molar-refractivity contribution in [2.75, 3.05) is 5.32 Å². The molecule has 2 aromatic heterocycles. The van der Waals surface area contributed by atoms with Crippen molar-refractivity contribution in [1.82, 2.24) is 14.8 Å². The molecule has 1 aromatic carbocycles. The molecule has 0 saturated heterocycles. The average Bonchev–Trinajstić information content (AvgIpc) is 3.50. The second-order valence-corrected chi connectivity index (χ2v) is 10.4. The van der Waals surface area contributed by atoms with Crippen LogP contribution in [-0.4, -0.2) is 25.4 Å². The second kappa shape index (κ2) is 8.94. The summed E-state index contributed by atoms with van der Waals surface area (Å²) >= 11 is 3.25. The zero-order valence-electron chi connectivity index (χ0n) is 17.7. The van der Waals surface area contributed by atoms with Crippen LogP contribution >= 0.6 is 23.1 Å². The van der Waals surface area contributed by atoms with Crippen LogP contribution in [0.25, 0.3) is 10.7 Å². The summed E-state index contributed by atoms with van der Waals surface area (Å²) in [7, 11) is 0. The number of amides is 1. The van der Waals surface area contributed by atoms with Gasteiger partial charge in [-0.3, -0.25) is 4.79 Å². The normalized spacial score (nSPS) is 15.6. The van der Waals surface area contributed by atoms with Crippen LogP contribution in [0.1, 0.15) is 57.9 Å². The first-order valence-electron chi connectivity index (χ1n) is 10.6. The molecule has 0 spiro atoms. The molecule has 0 bridgehead atoms. The predicted octanol–water partition coefficient (Wildman–Crippen LogP) is 6.19. The fraction of sp³-hybridized carbons (Fsp3) is 0.435. The molecule has 0 atom stereocenters. The van der Waals surface area contributed by atoms with E-state index in [1.54, 1.807) is 23.1 Å². The maximum Gasteiger partial charge on any atom is 0.241 e. The van der Waals surface area contributed by atoms with Crippen molar-refractivity contribution in [3.8, 4) is 10.7 Å². The summed E-state index contributed by atoms with van der Waals surface area (Å²) in [6.07, 6.45) is 3.84. The van der Waals surface area contributed by atoms with Crippen LogP contribution in [-0.2, 0) is 11.3 Å². The van der Waals surface area contributed by atoms with Gasteiger partial charge in [-0.2, -0.15) is 0 Å². The summed E-state index contributed by atoms with van der Waals surface area (Å²) in [6.45, 7) is 7.22. The molecule has 1 aliphatic rings. The molecule has 158 valence electrons. The number of hydrogen-bond donors (Lipinski definition) is 1. The van der Waals surface area contributed by atoms with Gasteiger partial charge < -0.3 is 9.88 Å². The first-order valence-corrected chi connectivity index (χ1v) is 12.3. The molecule has 5 nitrogen and oxygen atoms in total.